The van der Waals surface area contributed by atoms with Gasteiger partial charge in [-0.25, -0.2) is 4.98 Å². The molecule has 0 unspecified atom stereocenters. The lowest BCUT2D eigenvalue weighted by molar-refractivity contribution is 1.19. The monoisotopic (exact) mass is 278 g/mol. The van der Waals surface area contributed by atoms with E-state index in [-0.39, 0.29) is 0 Å². The van der Waals surface area contributed by atoms with Crippen molar-refractivity contribution in [1.29, 1.82) is 0 Å². The molecule has 2 aromatic rings. The van der Waals surface area contributed by atoms with Crippen LogP contribution in [0.3, 0.4) is 0 Å². The van der Waals surface area contributed by atoms with Crippen molar-refractivity contribution in [3.8, 4) is 0 Å². The van der Waals surface area contributed by atoms with Crippen molar-refractivity contribution in [1.82, 2.24) is 9.97 Å². The maximum atomic E-state index is 5.84. The van der Waals surface area contributed by atoms with E-state index in [9.17, 15) is 0 Å². The molecule has 16 heavy (non-hydrogen) atoms. The highest BCUT2D eigenvalue weighted by Gasteiger charge is 2.04. The number of anilines is 3. The summed E-state index contributed by atoms with van der Waals surface area (Å²) in [5, 5.41) is 3.15. The fourth-order valence-electron chi connectivity index (χ4n) is 1.30. The third-order valence-corrected chi connectivity index (χ3v) is 2.58. The Morgan fingerprint density at radius 1 is 1.38 bits per heavy atom. The largest absolute Gasteiger partial charge is 0.396 e. The first-order valence-corrected chi connectivity index (χ1v) is 5.56. The maximum Gasteiger partial charge on any atom is 0.153 e. The molecule has 0 amide bonds. The molecule has 0 aliphatic rings. The molecule has 2 aromatic heterocycles. The molecule has 0 spiro atoms. The van der Waals surface area contributed by atoms with Crippen molar-refractivity contribution in [3.05, 3.63) is 40.8 Å². The predicted molar refractivity (Wildman–Crippen MR) is 68.6 cm³/mol. The molecule has 4 nitrogen and oxygen atoms in total. The summed E-state index contributed by atoms with van der Waals surface area (Å²) in [6.45, 7) is 1.93. The van der Waals surface area contributed by atoms with Gasteiger partial charge in [0, 0.05) is 16.9 Å². The number of hydrogen-bond acceptors (Lipinski definition) is 4. The third kappa shape index (κ3) is 2.30. The number of hydrogen-bond donors (Lipinski definition) is 2. The van der Waals surface area contributed by atoms with Crippen LogP contribution in [-0.4, -0.2) is 9.97 Å². The van der Waals surface area contributed by atoms with Crippen LogP contribution in [0.25, 0.3) is 0 Å². The van der Waals surface area contributed by atoms with Gasteiger partial charge in [-0.05, 0) is 41.1 Å². The Morgan fingerprint density at radius 2 is 2.19 bits per heavy atom. The van der Waals surface area contributed by atoms with Gasteiger partial charge in [-0.15, -0.1) is 0 Å². The highest BCUT2D eigenvalue weighted by molar-refractivity contribution is 9.10. The molecule has 0 atom stereocenters. The van der Waals surface area contributed by atoms with E-state index in [0.717, 1.165) is 15.9 Å². The number of halogens is 1. The minimum Gasteiger partial charge on any atom is -0.396 e. The lowest BCUT2D eigenvalue weighted by Crippen LogP contribution is -2.00. The number of aryl methyl sites for hydroxylation is 1. The van der Waals surface area contributed by atoms with Crippen LogP contribution in [0, 0.1) is 6.92 Å². The number of rotatable bonds is 2. The van der Waals surface area contributed by atoms with Gasteiger partial charge in [-0.1, -0.05) is 0 Å². The van der Waals surface area contributed by atoms with Gasteiger partial charge in [-0.3, -0.25) is 4.98 Å². The first-order chi connectivity index (χ1) is 7.66. The highest BCUT2D eigenvalue weighted by Crippen LogP contribution is 2.24. The van der Waals surface area contributed by atoms with E-state index in [1.807, 2.05) is 19.1 Å². The fourth-order valence-corrected chi connectivity index (χ4v) is 1.65. The summed E-state index contributed by atoms with van der Waals surface area (Å²) in [5.41, 5.74) is 8.25. The summed E-state index contributed by atoms with van der Waals surface area (Å²) in [7, 11) is 0. The molecular formula is C11H11BrN4. The van der Waals surface area contributed by atoms with Crippen molar-refractivity contribution >= 4 is 33.1 Å². The van der Waals surface area contributed by atoms with Gasteiger partial charge in [0.1, 0.15) is 0 Å². The number of nitrogens with zero attached hydrogens (tertiary/aromatic N) is 2. The minimum atomic E-state index is 0.595. The first-order valence-electron chi connectivity index (χ1n) is 4.76. The number of pyridine rings is 2. The minimum absolute atomic E-state index is 0.595. The van der Waals surface area contributed by atoms with Gasteiger partial charge in [0.25, 0.3) is 0 Å². The van der Waals surface area contributed by atoms with Gasteiger partial charge in [0.2, 0.25) is 0 Å². The Hall–Kier alpha value is -1.62. The first kappa shape index (κ1) is 10.9. The molecule has 0 radical (unpaired) electrons. The Balaban J connectivity index is 2.31. The third-order valence-electron chi connectivity index (χ3n) is 2.14. The topological polar surface area (TPSA) is 63.8 Å². The quantitative estimate of drug-likeness (QED) is 0.887. The smallest absolute Gasteiger partial charge is 0.153 e. The summed E-state index contributed by atoms with van der Waals surface area (Å²) >= 11 is 3.31. The van der Waals surface area contributed by atoms with Crippen molar-refractivity contribution in [2.24, 2.45) is 0 Å². The van der Waals surface area contributed by atoms with Crippen LogP contribution >= 0.6 is 15.9 Å². The normalized spacial score (nSPS) is 10.1. The zero-order valence-corrected chi connectivity index (χ0v) is 10.3. The standard InChI is InChI=1S/C11H11BrN4/c1-7-10(3-2-4-14-7)16-11-9(13)5-8(12)6-15-11/h2-6H,13H2,1H3,(H,15,16). The van der Waals surface area contributed by atoms with E-state index >= 15 is 0 Å². The highest BCUT2D eigenvalue weighted by atomic mass is 79.9. The average molecular weight is 279 g/mol. The van der Waals surface area contributed by atoms with Crippen LogP contribution < -0.4 is 11.1 Å². The van der Waals surface area contributed by atoms with Gasteiger partial charge in [0.05, 0.1) is 17.1 Å². The van der Waals surface area contributed by atoms with E-state index in [1.165, 1.54) is 0 Å². The molecule has 0 saturated carbocycles. The molecule has 0 aliphatic heterocycles. The number of nitrogens with two attached hydrogens (primary N) is 1. The summed E-state index contributed by atoms with van der Waals surface area (Å²) in [6.07, 6.45) is 3.45. The SMILES string of the molecule is Cc1ncccc1Nc1ncc(Br)cc1N. The van der Waals surface area contributed by atoms with E-state index in [1.54, 1.807) is 18.5 Å². The zero-order chi connectivity index (χ0) is 11.5. The van der Waals surface area contributed by atoms with E-state index in [4.69, 9.17) is 5.73 Å². The summed E-state index contributed by atoms with van der Waals surface area (Å²) in [5.74, 6) is 0.638. The molecule has 3 N–H and O–H groups in total. The van der Waals surface area contributed by atoms with Crippen LogP contribution in [0.2, 0.25) is 0 Å². The second kappa shape index (κ2) is 4.49. The molecule has 82 valence electrons. The van der Waals surface area contributed by atoms with E-state index < -0.39 is 0 Å². The molecule has 0 aliphatic carbocycles. The van der Waals surface area contributed by atoms with Crippen LogP contribution in [0.5, 0.6) is 0 Å². The van der Waals surface area contributed by atoms with Gasteiger partial charge in [-0.2, -0.15) is 0 Å². The maximum absolute atomic E-state index is 5.84. The molecule has 5 heteroatoms. The molecule has 0 bridgehead atoms. The zero-order valence-electron chi connectivity index (χ0n) is 8.74. The van der Waals surface area contributed by atoms with E-state index in [2.05, 4.69) is 31.2 Å². The Bertz CT molecular complexity index is 513. The Morgan fingerprint density at radius 3 is 2.88 bits per heavy atom. The summed E-state index contributed by atoms with van der Waals surface area (Å²) in [6, 6.07) is 5.61. The van der Waals surface area contributed by atoms with Gasteiger partial charge < -0.3 is 11.1 Å². The molecular weight excluding hydrogens is 268 g/mol. The summed E-state index contributed by atoms with van der Waals surface area (Å²) < 4.78 is 0.860. The van der Waals surface area contributed by atoms with Crippen molar-refractivity contribution in [2.45, 2.75) is 6.92 Å². The molecule has 2 rings (SSSR count). The average Bonchev–Trinajstić information content (AvgIpc) is 2.25. The van der Waals surface area contributed by atoms with Gasteiger partial charge in [0.15, 0.2) is 5.82 Å². The molecule has 0 saturated heterocycles. The number of nitrogens with one attached hydrogen (secondary N) is 1. The Kier molecular flexibility index (Phi) is 3.05. The molecule has 0 fully saturated rings. The molecule has 0 aromatic carbocycles. The van der Waals surface area contributed by atoms with E-state index in [0.29, 0.717) is 11.5 Å². The lowest BCUT2D eigenvalue weighted by atomic mass is 10.3. The number of nitrogen functional groups attached to an aromatic ring is 1. The Labute approximate surface area is 102 Å². The predicted octanol–water partition coefficient (Wildman–Crippen LogP) is 2.87. The fraction of sp³-hybridized carbons (Fsp3) is 0.0909. The lowest BCUT2D eigenvalue weighted by Gasteiger charge is -2.09. The second-order valence-corrected chi connectivity index (χ2v) is 4.27. The number of aromatic nitrogens is 2. The van der Waals surface area contributed by atoms with Crippen LogP contribution in [0.15, 0.2) is 35.1 Å². The van der Waals surface area contributed by atoms with Crippen molar-refractivity contribution in [3.63, 3.8) is 0 Å². The van der Waals surface area contributed by atoms with Crippen LogP contribution in [0.1, 0.15) is 5.69 Å². The summed E-state index contributed by atoms with van der Waals surface area (Å²) in [4.78, 5) is 8.39. The van der Waals surface area contributed by atoms with Crippen LogP contribution in [0.4, 0.5) is 17.2 Å². The van der Waals surface area contributed by atoms with Gasteiger partial charge >= 0.3 is 0 Å². The molecule has 2 heterocycles. The van der Waals surface area contributed by atoms with Crippen molar-refractivity contribution < 1.29 is 0 Å². The second-order valence-electron chi connectivity index (χ2n) is 3.35. The van der Waals surface area contributed by atoms with Crippen LogP contribution in [-0.2, 0) is 0 Å². The van der Waals surface area contributed by atoms with Crippen molar-refractivity contribution in [2.75, 3.05) is 11.1 Å².